The van der Waals surface area contributed by atoms with Gasteiger partial charge in [-0.15, -0.1) is 0 Å². The lowest BCUT2D eigenvalue weighted by Crippen LogP contribution is -2.32. The summed E-state index contributed by atoms with van der Waals surface area (Å²) < 4.78 is 18.4. The fourth-order valence-electron chi connectivity index (χ4n) is 1.85. The highest BCUT2D eigenvalue weighted by Crippen LogP contribution is 2.24. The topological polar surface area (TPSA) is 29.5 Å². The largest absolute Gasteiger partial charge is 0.390 e. The van der Waals surface area contributed by atoms with Gasteiger partial charge in [0.25, 0.3) is 0 Å². The van der Waals surface area contributed by atoms with E-state index in [-0.39, 0.29) is 11.4 Å². The van der Waals surface area contributed by atoms with Crippen molar-refractivity contribution in [3.8, 4) is 0 Å². The van der Waals surface area contributed by atoms with E-state index in [4.69, 9.17) is 4.74 Å². The van der Waals surface area contributed by atoms with Crippen molar-refractivity contribution in [1.29, 1.82) is 0 Å². The Hall–Kier alpha value is -0.930. The number of halogens is 1. The summed E-state index contributed by atoms with van der Waals surface area (Å²) >= 11 is 0. The number of rotatable bonds is 6. The Morgan fingerprint density at radius 1 is 1.22 bits per heavy atom. The molecule has 1 aromatic carbocycles. The molecule has 1 unspecified atom stereocenters. The van der Waals surface area contributed by atoms with Crippen molar-refractivity contribution in [1.82, 2.24) is 0 Å². The maximum Gasteiger partial charge on any atom is 0.123 e. The third-order valence-corrected chi connectivity index (χ3v) is 3.29. The van der Waals surface area contributed by atoms with E-state index >= 15 is 0 Å². The maximum absolute atomic E-state index is 13.1. The minimum atomic E-state index is -0.844. The van der Waals surface area contributed by atoms with E-state index < -0.39 is 5.60 Å². The van der Waals surface area contributed by atoms with E-state index in [1.54, 1.807) is 20.1 Å². The molecule has 0 aromatic heterocycles. The SMILES string of the molecule is COC(C)(C)CCC(C)(O)Cc1cccc(F)c1. The predicted octanol–water partition coefficient (Wildman–Crippen LogP) is 3.32. The summed E-state index contributed by atoms with van der Waals surface area (Å²) in [6, 6.07) is 6.38. The summed E-state index contributed by atoms with van der Waals surface area (Å²) in [7, 11) is 1.67. The van der Waals surface area contributed by atoms with Crippen LogP contribution in [0.1, 0.15) is 39.2 Å². The molecule has 1 atom stereocenters. The molecule has 0 aliphatic rings. The standard InChI is InChI=1S/C15H23FO2/c1-14(2,18-4)8-9-15(3,17)11-12-6-5-7-13(16)10-12/h5-7,10,17H,8-9,11H2,1-4H3. The number of hydrogen-bond acceptors (Lipinski definition) is 2. The van der Waals surface area contributed by atoms with Gasteiger partial charge in [0.1, 0.15) is 5.82 Å². The van der Waals surface area contributed by atoms with Crippen molar-refractivity contribution >= 4 is 0 Å². The van der Waals surface area contributed by atoms with E-state index in [0.717, 1.165) is 12.0 Å². The van der Waals surface area contributed by atoms with Crippen LogP contribution in [0.3, 0.4) is 0 Å². The van der Waals surface area contributed by atoms with E-state index in [2.05, 4.69) is 0 Å². The van der Waals surface area contributed by atoms with Gasteiger partial charge in [-0.1, -0.05) is 12.1 Å². The molecule has 0 saturated carbocycles. The summed E-state index contributed by atoms with van der Waals surface area (Å²) in [5.41, 5.74) is -0.273. The van der Waals surface area contributed by atoms with Gasteiger partial charge in [0.2, 0.25) is 0 Å². The van der Waals surface area contributed by atoms with Crippen molar-refractivity contribution in [3.63, 3.8) is 0 Å². The van der Waals surface area contributed by atoms with Crippen LogP contribution in [-0.4, -0.2) is 23.4 Å². The average molecular weight is 254 g/mol. The molecule has 1 aromatic rings. The third kappa shape index (κ3) is 5.15. The minimum Gasteiger partial charge on any atom is -0.390 e. The van der Waals surface area contributed by atoms with Crippen molar-refractivity contribution in [2.75, 3.05) is 7.11 Å². The summed E-state index contributed by atoms with van der Waals surface area (Å²) in [5, 5.41) is 10.3. The van der Waals surface area contributed by atoms with Gasteiger partial charge in [0.05, 0.1) is 11.2 Å². The quantitative estimate of drug-likeness (QED) is 0.843. The Morgan fingerprint density at radius 3 is 2.44 bits per heavy atom. The predicted molar refractivity (Wildman–Crippen MR) is 71.0 cm³/mol. The molecule has 2 nitrogen and oxygen atoms in total. The van der Waals surface area contributed by atoms with Gasteiger partial charge < -0.3 is 9.84 Å². The number of methoxy groups -OCH3 is 1. The highest BCUT2D eigenvalue weighted by molar-refractivity contribution is 5.18. The number of hydrogen-bond donors (Lipinski definition) is 1. The Kier molecular flexibility index (Phi) is 4.88. The van der Waals surface area contributed by atoms with Crippen LogP contribution in [0.2, 0.25) is 0 Å². The first-order chi connectivity index (χ1) is 8.24. The van der Waals surface area contributed by atoms with Gasteiger partial charge >= 0.3 is 0 Å². The van der Waals surface area contributed by atoms with Crippen LogP contribution < -0.4 is 0 Å². The summed E-state index contributed by atoms with van der Waals surface area (Å²) in [5.74, 6) is -0.263. The zero-order valence-electron chi connectivity index (χ0n) is 11.7. The normalized spacial score (nSPS) is 15.4. The van der Waals surface area contributed by atoms with Crippen LogP contribution in [0.4, 0.5) is 4.39 Å². The van der Waals surface area contributed by atoms with Gasteiger partial charge in [0, 0.05) is 13.5 Å². The zero-order valence-corrected chi connectivity index (χ0v) is 11.7. The first-order valence-electron chi connectivity index (χ1n) is 6.26. The van der Waals surface area contributed by atoms with Crippen molar-refractivity contribution in [2.24, 2.45) is 0 Å². The first kappa shape index (κ1) is 15.1. The number of benzene rings is 1. The monoisotopic (exact) mass is 254 g/mol. The van der Waals surface area contributed by atoms with E-state index in [9.17, 15) is 9.50 Å². The van der Waals surface area contributed by atoms with Crippen LogP contribution in [-0.2, 0) is 11.2 Å². The van der Waals surface area contributed by atoms with Crippen LogP contribution in [0.15, 0.2) is 24.3 Å². The molecular formula is C15H23FO2. The lowest BCUT2D eigenvalue weighted by Gasteiger charge is -2.29. The molecular weight excluding hydrogens is 231 g/mol. The smallest absolute Gasteiger partial charge is 0.123 e. The fourth-order valence-corrected chi connectivity index (χ4v) is 1.85. The summed E-state index contributed by atoms with van der Waals surface area (Å²) in [4.78, 5) is 0. The summed E-state index contributed by atoms with van der Waals surface area (Å²) in [6.45, 7) is 5.76. The molecule has 0 saturated heterocycles. The number of ether oxygens (including phenoxy) is 1. The van der Waals surface area contributed by atoms with E-state index in [1.165, 1.54) is 12.1 Å². The van der Waals surface area contributed by atoms with Crippen LogP contribution in [0.25, 0.3) is 0 Å². The van der Waals surface area contributed by atoms with Crippen LogP contribution in [0, 0.1) is 5.82 Å². The molecule has 1 N–H and O–H groups in total. The molecule has 0 aliphatic carbocycles. The Balaban J connectivity index is 2.59. The van der Waals surface area contributed by atoms with Crippen molar-refractivity contribution < 1.29 is 14.2 Å². The van der Waals surface area contributed by atoms with Crippen LogP contribution >= 0.6 is 0 Å². The van der Waals surface area contributed by atoms with E-state index in [0.29, 0.717) is 12.8 Å². The second kappa shape index (κ2) is 5.81. The van der Waals surface area contributed by atoms with Crippen molar-refractivity contribution in [3.05, 3.63) is 35.6 Å². The molecule has 0 radical (unpaired) electrons. The lowest BCUT2D eigenvalue weighted by molar-refractivity contribution is -0.0189. The highest BCUT2D eigenvalue weighted by atomic mass is 19.1. The van der Waals surface area contributed by atoms with Crippen molar-refractivity contribution in [2.45, 2.75) is 51.2 Å². The fraction of sp³-hybridized carbons (Fsp3) is 0.600. The average Bonchev–Trinajstić information content (AvgIpc) is 2.26. The second-order valence-corrected chi connectivity index (χ2v) is 5.77. The molecule has 0 heterocycles. The molecule has 102 valence electrons. The Labute approximate surface area is 109 Å². The minimum absolute atomic E-state index is 0.244. The summed E-state index contributed by atoms with van der Waals surface area (Å²) in [6.07, 6.45) is 1.82. The molecule has 1 rings (SSSR count). The van der Waals surface area contributed by atoms with Gasteiger partial charge in [-0.2, -0.15) is 0 Å². The first-order valence-corrected chi connectivity index (χ1v) is 6.26. The molecule has 18 heavy (non-hydrogen) atoms. The molecule has 3 heteroatoms. The third-order valence-electron chi connectivity index (χ3n) is 3.29. The van der Waals surface area contributed by atoms with Gasteiger partial charge in [-0.3, -0.25) is 0 Å². The highest BCUT2D eigenvalue weighted by Gasteiger charge is 2.26. The van der Waals surface area contributed by atoms with Gasteiger partial charge in [0.15, 0.2) is 0 Å². The van der Waals surface area contributed by atoms with Crippen LogP contribution in [0.5, 0.6) is 0 Å². The molecule has 0 spiro atoms. The molecule has 0 fully saturated rings. The molecule has 0 bridgehead atoms. The Bertz CT molecular complexity index is 386. The molecule has 0 amide bonds. The Morgan fingerprint density at radius 2 is 1.89 bits per heavy atom. The molecule has 0 aliphatic heterocycles. The van der Waals surface area contributed by atoms with Gasteiger partial charge in [-0.05, 0) is 51.3 Å². The second-order valence-electron chi connectivity index (χ2n) is 5.77. The zero-order chi connectivity index (χ0) is 13.8. The maximum atomic E-state index is 13.1. The lowest BCUT2D eigenvalue weighted by atomic mass is 9.88. The van der Waals surface area contributed by atoms with E-state index in [1.807, 2.05) is 19.9 Å². The van der Waals surface area contributed by atoms with Gasteiger partial charge in [-0.25, -0.2) is 4.39 Å². The number of aliphatic hydroxyl groups is 1.